The first kappa shape index (κ1) is 22.2. The van der Waals surface area contributed by atoms with Crippen molar-refractivity contribution in [1.29, 1.82) is 0 Å². The molecule has 0 N–H and O–H groups in total. The van der Waals surface area contributed by atoms with Gasteiger partial charge in [0.15, 0.2) is 46.5 Å². The molecule has 2 rings (SSSR count). The van der Waals surface area contributed by atoms with Gasteiger partial charge in [0.1, 0.15) is 0 Å². The maximum atomic E-state index is 14.1. The van der Waals surface area contributed by atoms with Crippen LogP contribution in [-0.4, -0.2) is 11.5 Å². The van der Waals surface area contributed by atoms with Crippen molar-refractivity contribution in [3.8, 4) is 0 Å². The van der Waals surface area contributed by atoms with Gasteiger partial charge in [-0.3, -0.25) is 0 Å². The molecule has 0 radical (unpaired) electrons. The first-order valence-electron chi connectivity index (χ1n) is 7.32. The van der Waals surface area contributed by atoms with E-state index in [1.807, 2.05) is 0 Å². The molecule has 0 aromatic heterocycles. The lowest BCUT2D eigenvalue weighted by Gasteiger charge is -2.13. The highest BCUT2D eigenvalue weighted by Gasteiger charge is 2.31. The number of halogens is 8. The first-order chi connectivity index (χ1) is 12.7. The molecule has 0 fully saturated rings. The third-order valence-corrected chi connectivity index (χ3v) is 6.14. The maximum Gasteiger partial charge on any atom is 0.177 e. The Morgan fingerprint density at radius 2 is 0.667 bits per heavy atom. The van der Waals surface area contributed by atoms with Crippen molar-refractivity contribution in [3.63, 3.8) is 0 Å². The molecule has 11 heteroatoms. The van der Waals surface area contributed by atoms with Crippen molar-refractivity contribution in [2.24, 2.45) is 0 Å². The molecule has 0 heterocycles. The zero-order valence-electron chi connectivity index (χ0n) is 13.7. The van der Waals surface area contributed by atoms with E-state index in [2.05, 4.69) is 0 Å². The van der Waals surface area contributed by atoms with E-state index in [1.165, 1.54) is 13.8 Å². The minimum atomic E-state index is -1.92. The molecular weight excluding hydrogens is 440 g/mol. The molecular formula is C16H10F8S3. The van der Waals surface area contributed by atoms with Gasteiger partial charge < -0.3 is 0 Å². The standard InChI is InChI=1S/C16H10F8S3/c1-3-25-13-5(17)9(21)15(10(22)6(13)18)27-16-11(23)7(19)14(26-4-2)8(20)12(16)24/h3-4H2,1-2H3. The van der Waals surface area contributed by atoms with E-state index >= 15 is 0 Å². The molecule has 0 spiro atoms. The first-order valence-corrected chi connectivity index (χ1v) is 10.1. The van der Waals surface area contributed by atoms with E-state index < -0.39 is 77.9 Å². The summed E-state index contributed by atoms with van der Waals surface area (Å²) in [4.78, 5) is -4.77. The van der Waals surface area contributed by atoms with Gasteiger partial charge >= 0.3 is 0 Å². The van der Waals surface area contributed by atoms with Crippen LogP contribution in [0.4, 0.5) is 35.1 Å². The highest BCUT2D eigenvalue weighted by Crippen LogP contribution is 2.43. The highest BCUT2D eigenvalue weighted by molar-refractivity contribution is 8.00. The van der Waals surface area contributed by atoms with Gasteiger partial charge in [-0.1, -0.05) is 25.6 Å². The van der Waals surface area contributed by atoms with Crippen LogP contribution in [0, 0.1) is 46.5 Å². The zero-order valence-corrected chi connectivity index (χ0v) is 16.1. The van der Waals surface area contributed by atoms with Crippen molar-refractivity contribution < 1.29 is 35.1 Å². The van der Waals surface area contributed by atoms with Crippen LogP contribution in [0.2, 0.25) is 0 Å². The van der Waals surface area contributed by atoms with Crippen molar-refractivity contribution in [1.82, 2.24) is 0 Å². The van der Waals surface area contributed by atoms with Crippen LogP contribution < -0.4 is 0 Å². The molecule has 2 aromatic rings. The number of rotatable bonds is 6. The maximum absolute atomic E-state index is 14.1. The Labute approximate surface area is 162 Å². The van der Waals surface area contributed by atoms with E-state index in [9.17, 15) is 35.1 Å². The van der Waals surface area contributed by atoms with Crippen molar-refractivity contribution >= 4 is 35.3 Å². The summed E-state index contributed by atoms with van der Waals surface area (Å²) in [6.07, 6.45) is 0. The molecule has 0 unspecified atom stereocenters. The fourth-order valence-electron chi connectivity index (χ4n) is 2.01. The summed E-state index contributed by atoms with van der Waals surface area (Å²) < 4.78 is 112. The number of hydrogen-bond acceptors (Lipinski definition) is 3. The smallest absolute Gasteiger partial charge is 0.177 e. The van der Waals surface area contributed by atoms with E-state index in [0.29, 0.717) is 23.5 Å². The van der Waals surface area contributed by atoms with Crippen LogP contribution in [0.3, 0.4) is 0 Å². The molecule has 0 aliphatic heterocycles. The summed E-state index contributed by atoms with van der Waals surface area (Å²) in [5.74, 6) is -14.5. The molecule has 27 heavy (non-hydrogen) atoms. The molecule has 0 aliphatic rings. The lowest BCUT2D eigenvalue weighted by atomic mass is 10.3. The second kappa shape index (κ2) is 8.95. The predicted octanol–water partition coefficient (Wildman–Crippen LogP) is 7.17. The van der Waals surface area contributed by atoms with Gasteiger partial charge in [0, 0.05) is 0 Å². The Morgan fingerprint density at radius 3 is 0.889 bits per heavy atom. The Morgan fingerprint density at radius 1 is 0.444 bits per heavy atom. The summed E-state index contributed by atoms with van der Waals surface area (Å²) in [6, 6.07) is 0. The van der Waals surface area contributed by atoms with Crippen molar-refractivity contribution in [3.05, 3.63) is 46.5 Å². The van der Waals surface area contributed by atoms with Gasteiger partial charge in [0.25, 0.3) is 0 Å². The topological polar surface area (TPSA) is 0 Å². The monoisotopic (exact) mass is 450 g/mol. The molecule has 0 bridgehead atoms. The molecule has 148 valence electrons. The minimum absolute atomic E-state index is 0.0927. The summed E-state index contributed by atoms with van der Waals surface area (Å²) in [7, 11) is 0. The van der Waals surface area contributed by atoms with E-state index in [1.54, 1.807) is 0 Å². The van der Waals surface area contributed by atoms with Gasteiger partial charge in [-0.15, -0.1) is 23.5 Å². The fraction of sp³-hybridized carbons (Fsp3) is 0.250. The van der Waals surface area contributed by atoms with Crippen molar-refractivity contribution in [2.45, 2.75) is 33.4 Å². The molecule has 0 amide bonds. The SMILES string of the molecule is CCSc1c(F)c(F)c(Sc2c(F)c(F)c(SCC)c(F)c2F)c(F)c1F. The third kappa shape index (κ3) is 4.04. The van der Waals surface area contributed by atoms with E-state index in [-0.39, 0.29) is 11.5 Å². The van der Waals surface area contributed by atoms with Crippen LogP contribution in [0.5, 0.6) is 0 Å². The van der Waals surface area contributed by atoms with Gasteiger partial charge in [-0.2, -0.15) is 0 Å². The third-order valence-electron chi connectivity index (χ3n) is 3.15. The molecule has 0 saturated heterocycles. The fourth-order valence-corrected chi connectivity index (χ4v) is 4.37. The van der Waals surface area contributed by atoms with Crippen LogP contribution in [0.15, 0.2) is 19.6 Å². The van der Waals surface area contributed by atoms with Crippen LogP contribution in [0.25, 0.3) is 0 Å². The second-order valence-electron chi connectivity index (χ2n) is 4.80. The number of benzene rings is 2. The molecule has 0 aliphatic carbocycles. The van der Waals surface area contributed by atoms with Crippen LogP contribution >= 0.6 is 35.3 Å². The summed E-state index contributed by atoms with van der Waals surface area (Å²) in [6.45, 7) is 2.96. The normalized spacial score (nSPS) is 11.3. The average Bonchev–Trinajstić information content (AvgIpc) is 2.65. The average molecular weight is 450 g/mol. The summed E-state index contributed by atoms with van der Waals surface area (Å²) in [5, 5.41) is 0. The van der Waals surface area contributed by atoms with E-state index in [0.717, 1.165) is 0 Å². The zero-order chi connectivity index (χ0) is 20.5. The lowest BCUT2D eigenvalue weighted by Crippen LogP contribution is -2.05. The summed E-state index contributed by atoms with van der Waals surface area (Å²) in [5.41, 5.74) is 0. The Kier molecular flexibility index (Phi) is 7.37. The van der Waals surface area contributed by atoms with Crippen molar-refractivity contribution in [2.75, 3.05) is 11.5 Å². The van der Waals surface area contributed by atoms with Gasteiger partial charge in [0.2, 0.25) is 0 Å². The molecule has 2 aromatic carbocycles. The summed E-state index contributed by atoms with van der Waals surface area (Å²) >= 11 is 0.486. The van der Waals surface area contributed by atoms with Gasteiger partial charge in [-0.25, -0.2) is 35.1 Å². The Balaban J connectivity index is 2.65. The number of hydrogen-bond donors (Lipinski definition) is 0. The highest BCUT2D eigenvalue weighted by atomic mass is 32.2. The predicted molar refractivity (Wildman–Crippen MR) is 89.5 cm³/mol. The Hall–Kier alpha value is -1.07. The van der Waals surface area contributed by atoms with E-state index in [4.69, 9.17) is 0 Å². The largest absolute Gasteiger partial charge is 0.202 e. The Bertz CT molecular complexity index is 755. The molecule has 0 saturated carbocycles. The number of thioether (sulfide) groups is 2. The van der Waals surface area contributed by atoms with Gasteiger partial charge in [0.05, 0.1) is 19.6 Å². The molecule has 0 atom stereocenters. The van der Waals surface area contributed by atoms with Crippen LogP contribution in [-0.2, 0) is 0 Å². The molecule has 0 nitrogen and oxygen atoms in total. The van der Waals surface area contributed by atoms with Crippen LogP contribution in [0.1, 0.15) is 13.8 Å². The lowest BCUT2D eigenvalue weighted by molar-refractivity contribution is 0.395. The van der Waals surface area contributed by atoms with Gasteiger partial charge in [-0.05, 0) is 11.5 Å². The minimum Gasteiger partial charge on any atom is -0.202 e. The quantitative estimate of drug-likeness (QED) is 0.260. The second-order valence-corrected chi connectivity index (χ2v) is 8.37.